The van der Waals surface area contributed by atoms with Gasteiger partial charge in [-0.1, -0.05) is 22.0 Å². The lowest BCUT2D eigenvalue weighted by Gasteiger charge is -2.09. The summed E-state index contributed by atoms with van der Waals surface area (Å²) in [6.07, 6.45) is 0. The largest absolute Gasteiger partial charge is 0.321 e. The van der Waals surface area contributed by atoms with Crippen molar-refractivity contribution in [2.24, 2.45) is 0 Å². The fraction of sp³-hybridized carbons (Fsp3) is 0.0667. The van der Waals surface area contributed by atoms with Crippen molar-refractivity contribution in [3.63, 3.8) is 0 Å². The maximum absolute atomic E-state index is 13.0. The monoisotopic (exact) mass is 332 g/mol. The van der Waals surface area contributed by atoms with E-state index in [9.17, 15) is 9.18 Å². The molecule has 2 aromatic carbocycles. The topological polar surface area (TPSA) is 52.9 Å². The molecular formula is C15H10BrFN2O. The Bertz CT molecular complexity index is 722. The van der Waals surface area contributed by atoms with Crippen LogP contribution in [0, 0.1) is 24.1 Å². The minimum absolute atomic E-state index is 0.0889. The standard InChI is InChI=1S/C15H10BrFN2O/c1-9-2-3-11(16)7-13(9)15(20)19-14-5-4-12(17)6-10(14)8-18/h2-7H,1H3,(H,19,20). The van der Waals surface area contributed by atoms with Crippen LogP contribution in [0.15, 0.2) is 40.9 Å². The average Bonchev–Trinajstić information content (AvgIpc) is 2.43. The van der Waals surface area contributed by atoms with E-state index in [0.29, 0.717) is 11.3 Å². The van der Waals surface area contributed by atoms with Crippen LogP contribution in [-0.2, 0) is 0 Å². The highest BCUT2D eigenvalue weighted by Crippen LogP contribution is 2.20. The zero-order valence-corrected chi connectivity index (χ0v) is 12.2. The Hall–Kier alpha value is -2.19. The first-order valence-corrected chi connectivity index (χ1v) is 6.57. The second-order valence-corrected chi connectivity index (χ2v) is 5.13. The molecule has 1 N–H and O–H groups in total. The van der Waals surface area contributed by atoms with Gasteiger partial charge in [-0.25, -0.2) is 4.39 Å². The van der Waals surface area contributed by atoms with Crippen LogP contribution in [-0.4, -0.2) is 5.91 Å². The van der Waals surface area contributed by atoms with Gasteiger partial charge in [0.2, 0.25) is 0 Å². The number of nitrogens with zero attached hydrogens (tertiary/aromatic N) is 1. The highest BCUT2D eigenvalue weighted by molar-refractivity contribution is 9.10. The molecule has 3 nitrogen and oxygen atoms in total. The van der Waals surface area contributed by atoms with Crippen LogP contribution in [0.1, 0.15) is 21.5 Å². The summed E-state index contributed by atoms with van der Waals surface area (Å²) in [5, 5.41) is 11.6. The van der Waals surface area contributed by atoms with Gasteiger partial charge in [-0.2, -0.15) is 5.26 Å². The second-order valence-electron chi connectivity index (χ2n) is 4.22. The molecule has 100 valence electrons. The molecule has 0 aliphatic carbocycles. The molecule has 0 saturated heterocycles. The fourth-order valence-corrected chi connectivity index (χ4v) is 2.11. The molecule has 0 heterocycles. The summed E-state index contributed by atoms with van der Waals surface area (Å²) in [4.78, 5) is 12.2. The fourth-order valence-electron chi connectivity index (χ4n) is 1.75. The third kappa shape index (κ3) is 3.03. The maximum Gasteiger partial charge on any atom is 0.256 e. The number of benzene rings is 2. The predicted molar refractivity (Wildman–Crippen MR) is 77.9 cm³/mol. The number of aryl methyl sites for hydroxylation is 1. The molecule has 2 rings (SSSR count). The molecule has 0 fully saturated rings. The Morgan fingerprint density at radius 1 is 1.30 bits per heavy atom. The number of hydrogen-bond acceptors (Lipinski definition) is 2. The minimum Gasteiger partial charge on any atom is -0.321 e. The number of carbonyl (C=O) groups excluding carboxylic acids is 1. The quantitative estimate of drug-likeness (QED) is 0.902. The molecule has 0 aliphatic rings. The number of anilines is 1. The highest BCUT2D eigenvalue weighted by Gasteiger charge is 2.12. The van der Waals surface area contributed by atoms with Crippen molar-refractivity contribution in [2.45, 2.75) is 6.92 Å². The Labute approximate surface area is 124 Å². The summed E-state index contributed by atoms with van der Waals surface area (Å²) in [5.74, 6) is -0.856. The summed E-state index contributed by atoms with van der Waals surface area (Å²) >= 11 is 3.31. The number of halogens is 2. The molecule has 0 atom stereocenters. The van der Waals surface area contributed by atoms with Crippen molar-refractivity contribution in [1.29, 1.82) is 5.26 Å². The highest BCUT2D eigenvalue weighted by atomic mass is 79.9. The Balaban J connectivity index is 2.33. The van der Waals surface area contributed by atoms with Gasteiger partial charge in [0, 0.05) is 10.0 Å². The first kappa shape index (κ1) is 14.2. The molecule has 2 aromatic rings. The molecule has 0 radical (unpaired) electrons. The number of carbonyl (C=O) groups is 1. The predicted octanol–water partition coefficient (Wildman–Crippen LogP) is 4.02. The van der Waals surface area contributed by atoms with E-state index >= 15 is 0 Å². The van der Waals surface area contributed by atoms with Crippen molar-refractivity contribution in [1.82, 2.24) is 0 Å². The van der Waals surface area contributed by atoms with Crippen molar-refractivity contribution in [3.8, 4) is 6.07 Å². The Kier molecular flexibility index (Phi) is 4.16. The van der Waals surface area contributed by atoms with Crippen LogP contribution in [0.5, 0.6) is 0 Å². The van der Waals surface area contributed by atoms with Gasteiger partial charge in [-0.3, -0.25) is 4.79 Å². The molecule has 0 aromatic heterocycles. The van der Waals surface area contributed by atoms with E-state index in [-0.39, 0.29) is 11.5 Å². The lowest BCUT2D eigenvalue weighted by Crippen LogP contribution is -2.14. The minimum atomic E-state index is -0.516. The summed E-state index contributed by atoms with van der Waals surface area (Å²) in [5.41, 5.74) is 1.68. The van der Waals surface area contributed by atoms with Gasteiger partial charge >= 0.3 is 0 Å². The van der Waals surface area contributed by atoms with E-state index in [0.717, 1.165) is 16.1 Å². The molecule has 0 saturated carbocycles. The number of nitrogens with one attached hydrogen (secondary N) is 1. The molecular weight excluding hydrogens is 323 g/mol. The normalized spacial score (nSPS) is 9.90. The van der Waals surface area contributed by atoms with E-state index in [2.05, 4.69) is 21.2 Å². The van der Waals surface area contributed by atoms with Crippen LogP contribution < -0.4 is 5.32 Å². The summed E-state index contributed by atoms with van der Waals surface area (Å²) < 4.78 is 13.8. The lowest BCUT2D eigenvalue weighted by atomic mass is 10.1. The smallest absolute Gasteiger partial charge is 0.256 e. The molecule has 1 amide bonds. The molecule has 20 heavy (non-hydrogen) atoms. The van der Waals surface area contributed by atoms with E-state index in [1.165, 1.54) is 12.1 Å². The molecule has 0 unspecified atom stereocenters. The average molecular weight is 333 g/mol. The van der Waals surface area contributed by atoms with Crippen LogP contribution >= 0.6 is 15.9 Å². The zero-order valence-electron chi connectivity index (χ0n) is 10.6. The van der Waals surface area contributed by atoms with Gasteiger partial charge in [0.15, 0.2) is 0 Å². The Morgan fingerprint density at radius 3 is 2.75 bits per heavy atom. The Morgan fingerprint density at radius 2 is 2.05 bits per heavy atom. The van der Waals surface area contributed by atoms with Gasteiger partial charge in [-0.05, 0) is 42.8 Å². The van der Waals surface area contributed by atoms with E-state index in [1.807, 2.05) is 25.1 Å². The van der Waals surface area contributed by atoms with E-state index in [1.54, 1.807) is 6.07 Å². The summed E-state index contributed by atoms with van der Waals surface area (Å²) in [7, 11) is 0. The van der Waals surface area contributed by atoms with Gasteiger partial charge in [0.1, 0.15) is 11.9 Å². The van der Waals surface area contributed by atoms with Gasteiger partial charge in [-0.15, -0.1) is 0 Å². The van der Waals surface area contributed by atoms with Gasteiger partial charge in [0.05, 0.1) is 11.3 Å². The van der Waals surface area contributed by atoms with E-state index in [4.69, 9.17) is 5.26 Å². The first-order valence-electron chi connectivity index (χ1n) is 5.78. The number of nitriles is 1. The van der Waals surface area contributed by atoms with Gasteiger partial charge in [0.25, 0.3) is 5.91 Å². The van der Waals surface area contributed by atoms with Gasteiger partial charge < -0.3 is 5.32 Å². The van der Waals surface area contributed by atoms with Crippen LogP contribution in [0.25, 0.3) is 0 Å². The van der Waals surface area contributed by atoms with Crippen LogP contribution in [0.3, 0.4) is 0 Å². The van der Waals surface area contributed by atoms with Crippen molar-refractivity contribution < 1.29 is 9.18 Å². The third-order valence-corrected chi connectivity index (χ3v) is 3.29. The lowest BCUT2D eigenvalue weighted by molar-refractivity contribution is 0.102. The number of amides is 1. The first-order chi connectivity index (χ1) is 9.51. The number of rotatable bonds is 2. The second kappa shape index (κ2) is 5.85. The van der Waals surface area contributed by atoms with Crippen molar-refractivity contribution in [3.05, 3.63) is 63.4 Å². The zero-order chi connectivity index (χ0) is 14.7. The van der Waals surface area contributed by atoms with Crippen LogP contribution in [0.2, 0.25) is 0 Å². The molecule has 5 heteroatoms. The van der Waals surface area contributed by atoms with Crippen molar-refractivity contribution in [2.75, 3.05) is 5.32 Å². The van der Waals surface area contributed by atoms with Crippen LogP contribution in [0.4, 0.5) is 10.1 Å². The van der Waals surface area contributed by atoms with E-state index < -0.39 is 5.82 Å². The van der Waals surface area contributed by atoms with Crippen molar-refractivity contribution >= 4 is 27.5 Å². The number of hydrogen-bond donors (Lipinski definition) is 1. The summed E-state index contributed by atoms with van der Waals surface area (Å²) in [6.45, 7) is 1.82. The molecule has 0 aliphatic heterocycles. The molecule has 0 bridgehead atoms. The third-order valence-electron chi connectivity index (χ3n) is 2.79. The maximum atomic E-state index is 13.0. The SMILES string of the molecule is Cc1ccc(Br)cc1C(=O)Nc1ccc(F)cc1C#N. The molecule has 0 spiro atoms. The summed E-state index contributed by atoms with van der Waals surface area (Å²) in [6, 6.07) is 10.9.